The fraction of sp³-hybridized carbons (Fsp3) is 0.462. The van der Waals surface area contributed by atoms with E-state index in [2.05, 4.69) is 22.9 Å². The first-order valence-corrected chi connectivity index (χ1v) is 5.76. The lowest BCUT2D eigenvalue weighted by molar-refractivity contribution is 0.312. The van der Waals surface area contributed by atoms with Crippen molar-refractivity contribution in [2.24, 2.45) is 0 Å². The number of likely N-dealkylation sites (N-methyl/N-ethyl adjacent to an activating group) is 1. The Labute approximate surface area is 102 Å². The molecule has 4 nitrogen and oxygen atoms in total. The fourth-order valence-corrected chi connectivity index (χ4v) is 2.05. The lowest BCUT2D eigenvalue weighted by Crippen LogP contribution is -2.44. The van der Waals surface area contributed by atoms with Gasteiger partial charge in [0, 0.05) is 26.2 Å². The molecule has 0 unspecified atom stereocenters. The highest BCUT2D eigenvalue weighted by Crippen LogP contribution is 2.25. The monoisotopic (exact) mass is 231 g/mol. The van der Waals surface area contributed by atoms with E-state index < -0.39 is 0 Å². The van der Waals surface area contributed by atoms with Gasteiger partial charge in [-0.3, -0.25) is 0 Å². The summed E-state index contributed by atoms with van der Waals surface area (Å²) in [6.45, 7) is 4.02. The number of ether oxygens (including phenoxy) is 1. The molecule has 0 radical (unpaired) electrons. The minimum atomic E-state index is 0.689. The molecule has 0 amide bonds. The highest BCUT2D eigenvalue weighted by molar-refractivity contribution is 5.61. The van der Waals surface area contributed by atoms with Crippen LogP contribution in [0, 0.1) is 11.3 Å². The van der Waals surface area contributed by atoms with E-state index in [0.717, 1.165) is 37.6 Å². The molecule has 1 aliphatic heterocycles. The maximum Gasteiger partial charge on any atom is 0.120 e. The molecule has 1 saturated heterocycles. The van der Waals surface area contributed by atoms with Gasteiger partial charge in [0.1, 0.15) is 11.8 Å². The zero-order valence-corrected chi connectivity index (χ0v) is 10.3. The predicted octanol–water partition coefficient (Wildman–Crippen LogP) is 1.32. The zero-order valence-electron chi connectivity index (χ0n) is 10.3. The molecule has 1 aromatic rings. The van der Waals surface area contributed by atoms with Crippen LogP contribution in [0.15, 0.2) is 18.2 Å². The molecule has 90 valence electrons. The van der Waals surface area contributed by atoms with Crippen LogP contribution >= 0.6 is 0 Å². The molecule has 4 heteroatoms. The van der Waals surface area contributed by atoms with Gasteiger partial charge in [-0.25, -0.2) is 0 Å². The third-order valence-electron chi connectivity index (χ3n) is 3.17. The van der Waals surface area contributed by atoms with Gasteiger partial charge in [-0.15, -0.1) is 0 Å². The fourth-order valence-electron chi connectivity index (χ4n) is 2.05. The van der Waals surface area contributed by atoms with Crippen molar-refractivity contribution in [3.63, 3.8) is 0 Å². The summed E-state index contributed by atoms with van der Waals surface area (Å²) in [5.74, 6) is 0.736. The molecule has 1 aliphatic rings. The highest BCUT2D eigenvalue weighted by Gasteiger charge is 2.17. The average Bonchev–Trinajstić information content (AvgIpc) is 2.39. The van der Waals surface area contributed by atoms with E-state index in [1.165, 1.54) is 0 Å². The second kappa shape index (κ2) is 5.07. The molecular weight excluding hydrogens is 214 g/mol. The summed E-state index contributed by atoms with van der Waals surface area (Å²) in [4.78, 5) is 4.56. The molecule has 17 heavy (non-hydrogen) atoms. The van der Waals surface area contributed by atoms with Crippen LogP contribution in [0.3, 0.4) is 0 Å². The van der Waals surface area contributed by atoms with E-state index in [1.807, 2.05) is 12.1 Å². The summed E-state index contributed by atoms with van der Waals surface area (Å²) in [5.41, 5.74) is 1.70. The van der Waals surface area contributed by atoms with E-state index in [0.29, 0.717) is 5.56 Å². The van der Waals surface area contributed by atoms with Crippen molar-refractivity contribution in [1.29, 1.82) is 5.26 Å². The minimum Gasteiger partial charge on any atom is -0.497 e. The second-order valence-electron chi connectivity index (χ2n) is 4.29. The highest BCUT2D eigenvalue weighted by atomic mass is 16.5. The predicted molar refractivity (Wildman–Crippen MR) is 67.4 cm³/mol. The van der Waals surface area contributed by atoms with Gasteiger partial charge in [0.2, 0.25) is 0 Å². The third kappa shape index (κ3) is 2.51. The molecule has 1 fully saturated rings. The van der Waals surface area contributed by atoms with Crippen molar-refractivity contribution in [1.82, 2.24) is 4.90 Å². The van der Waals surface area contributed by atoms with Crippen LogP contribution in [0.4, 0.5) is 5.69 Å². The van der Waals surface area contributed by atoms with Crippen molar-refractivity contribution >= 4 is 5.69 Å². The molecule has 0 spiro atoms. The Morgan fingerprint density at radius 1 is 1.24 bits per heavy atom. The van der Waals surface area contributed by atoms with Crippen LogP contribution in [0.5, 0.6) is 5.75 Å². The van der Waals surface area contributed by atoms with E-state index in [1.54, 1.807) is 13.2 Å². The van der Waals surface area contributed by atoms with Crippen molar-refractivity contribution in [3.8, 4) is 11.8 Å². The number of nitrogens with zero attached hydrogens (tertiary/aromatic N) is 3. The van der Waals surface area contributed by atoms with E-state index in [-0.39, 0.29) is 0 Å². The average molecular weight is 231 g/mol. The number of anilines is 1. The number of piperazine rings is 1. The summed E-state index contributed by atoms with van der Waals surface area (Å²) in [6, 6.07) is 7.93. The summed E-state index contributed by atoms with van der Waals surface area (Å²) in [6.07, 6.45) is 0. The maximum absolute atomic E-state index is 9.18. The van der Waals surface area contributed by atoms with Gasteiger partial charge in [0.15, 0.2) is 0 Å². The standard InChI is InChI=1S/C13H17N3O/c1-15-5-7-16(8-6-15)13-4-3-12(17-2)9-11(13)10-14/h3-4,9H,5-8H2,1-2H3. The molecule has 0 saturated carbocycles. The van der Waals surface area contributed by atoms with E-state index >= 15 is 0 Å². The lowest BCUT2D eigenvalue weighted by Gasteiger charge is -2.34. The summed E-state index contributed by atoms with van der Waals surface area (Å²) in [7, 11) is 3.74. The topological polar surface area (TPSA) is 39.5 Å². The second-order valence-corrected chi connectivity index (χ2v) is 4.29. The Morgan fingerprint density at radius 2 is 1.94 bits per heavy atom. The van der Waals surface area contributed by atoms with Crippen molar-refractivity contribution in [2.45, 2.75) is 0 Å². The molecule has 0 aromatic heterocycles. The van der Waals surface area contributed by atoms with Crippen molar-refractivity contribution < 1.29 is 4.74 Å². The number of methoxy groups -OCH3 is 1. The van der Waals surface area contributed by atoms with Crippen molar-refractivity contribution in [2.75, 3.05) is 45.2 Å². The smallest absolute Gasteiger partial charge is 0.120 e. The molecular formula is C13H17N3O. The van der Waals surface area contributed by atoms with Gasteiger partial charge in [0.25, 0.3) is 0 Å². The Kier molecular flexibility index (Phi) is 3.50. The first kappa shape index (κ1) is 11.7. The Balaban J connectivity index is 2.23. The van der Waals surface area contributed by atoms with Gasteiger partial charge in [-0.2, -0.15) is 5.26 Å². The lowest BCUT2D eigenvalue weighted by atomic mass is 10.1. The van der Waals surface area contributed by atoms with Crippen LogP contribution in [0.25, 0.3) is 0 Å². The number of benzene rings is 1. The SMILES string of the molecule is COc1ccc(N2CCN(C)CC2)c(C#N)c1. The number of hydrogen-bond donors (Lipinski definition) is 0. The molecule has 1 heterocycles. The number of hydrogen-bond acceptors (Lipinski definition) is 4. The Bertz CT molecular complexity index is 431. The Hall–Kier alpha value is -1.73. The molecule has 0 N–H and O–H groups in total. The van der Waals surface area contributed by atoms with Crippen LogP contribution in [0.2, 0.25) is 0 Å². The van der Waals surface area contributed by atoms with Crippen LogP contribution < -0.4 is 9.64 Å². The first-order chi connectivity index (χ1) is 8.24. The molecule has 2 rings (SSSR count). The van der Waals surface area contributed by atoms with Gasteiger partial charge in [0.05, 0.1) is 18.4 Å². The summed E-state index contributed by atoms with van der Waals surface area (Å²) in [5, 5.41) is 9.18. The van der Waals surface area contributed by atoms with Crippen LogP contribution in [-0.4, -0.2) is 45.2 Å². The van der Waals surface area contributed by atoms with E-state index in [9.17, 15) is 5.26 Å². The largest absolute Gasteiger partial charge is 0.497 e. The molecule has 0 bridgehead atoms. The minimum absolute atomic E-state index is 0.689. The third-order valence-corrected chi connectivity index (χ3v) is 3.17. The van der Waals surface area contributed by atoms with Crippen LogP contribution in [0.1, 0.15) is 5.56 Å². The van der Waals surface area contributed by atoms with Gasteiger partial charge in [-0.1, -0.05) is 0 Å². The van der Waals surface area contributed by atoms with Gasteiger partial charge < -0.3 is 14.5 Å². The molecule has 1 aromatic carbocycles. The van der Waals surface area contributed by atoms with E-state index in [4.69, 9.17) is 4.74 Å². The van der Waals surface area contributed by atoms with Gasteiger partial charge >= 0.3 is 0 Å². The molecule has 0 aliphatic carbocycles. The maximum atomic E-state index is 9.18. The first-order valence-electron chi connectivity index (χ1n) is 5.76. The number of nitriles is 1. The van der Waals surface area contributed by atoms with Crippen LogP contribution in [-0.2, 0) is 0 Å². The summed E-state index contributed by atoms with van der Waals surface area (Å²) < 4.78 is 5.14. The normalized spacial score (nSPS) is 16.6. The Morgan fingerprint density at radius 3 is 2.53 bits per heavy atom. The quantitative estimate of drug-likeness (QED) is 0.769. The number of rotatable bonds is 2. The molecule has 0 atom stereocenters. The summed E-state index contributed by atoms with van der Waals surface area (Å²) >= 11 is 0. The zero-order chi connectivity index (χ0) is 12.3. The van der Waals surface area contributed by atoms with Crippen molar-refractivity contribution in [3.05, 3.63) is 23.8 Å². The van der Waals surface area contributed by atoms with Gasteiger partial charge in [-0.05, 0) is 25.2 Å².